The molecule has 1 aliphatic carbocycles. The van der Waals surface area contributed by atoms with E-state index < -0.39 is 0 Å². The Balaban J connectivity index is 1.30. The van der Waals surface area contributed by atoms with Crippen LogP contribution in [0.15, 0.2) is 35.7 Å². The Hall–Kier alpha value is -2.45. The number of carbonyl (C=O) groups is 1. The van der Waals surface area contributed by atoms with Crippen molar-refractivity contribution in [2.45, 2.75) is 57.0 Å². The summed E-state index contributed by atoms with van der Waals surface area (Å²) < 4.78 is 11.8. The smallest absolute Gasteiger partial charge is 0.232 e. The van der Waals surface area contributed by atoms with Crippen LogP contribution in [0.4, 0.5) is 0 Å². The molecule has 0 radical (unpaired) electrons. The second kappa shape index (κ2) is 8.12. The Bertz CT molecular complexity index is 931. The summed E-state index contributed by atoms with van der Waals surface area (Å²) in [5, 5.41) is 5.07. The number of carbonyl (C=O) groups excluding carboxylic acids is 1. The van der Waals surface area contributed by atoms with E-state index >= 15 is 0 Å². The number of nitrogens with one attached hydrogen (secondary N) is 1. The lowest BCUT2D eigenvalue weighted by molar-refractivity contribution is -0.126. The molecule has 0 saturated heterocycles. The maximum absolute atomic E-state index is 12.9. The second-order valence-electron chi connectivity index (χ2n) is 8.37. The van der Waals surface area contributed by atoms with Crippen molar-refractivity contribution in [3.63, 3.8) is 0 Å². The molecule has 2 aromatic rings. The van der Waals surface area contributed by atoms with E-state index in [9.17, 15) is 4.79 Å². The van der Waals surface area contributed by atoms with Gasteiger partial charge >= 0.3 is 0 Å². The molecule has 1 amide bonds. The molecule has 1 saturated carbocycles. The summed E-state index contributed by atoms with van der Waals surface area (Å²) >= 11 is 1.67. The zero-order valence-corrected chi connectivity index (χ0v) is 17.9. The van der Waals surface area contributed by atoms with E-state index in [2.05, 4.69) is 43.1 Å². The summed E-state index contributed by atoms with van der Waals surface area (Å²) in [7, 11) is 0. The van der Waals surface area contributed by atoms with Crippen LogP contribution in [0.3, 0.4) is 0 Å². The molecule has 4 rings (SSSR count). The molecule has 1 N–H and O–H groups in total. The van der Waals surface area contributed by atoms with Gasteiger partial charge in [-0.25, -0.2) is 0 Å². The summed E-state index contributed by atoms with van der Waals surface area (Å²) in [5.74, 6) is 7.67. The van der Waals surface area contributed by atoms with Crippen molar-refractivity contribution in [3.05, 3.63) is 46.2 Å². The highest BCUT2D eigenvalue weighted by Crippen LogP contribution is 2.43. The van der Waals surface area contributed by atoms with E-state index in [1.807, 2.05) is 23.6 Å². The molecule has 29 heavy (non-hydrogen) atoms. The van der Waals surface area contributed by atoms with Gasteiger partial charge in [-0.05, 0) is 44.2 Å². The molecule has 152 valence electrons. The second-order valence-corrected chi connectivity index (χ2v) is 9.32. The number of fused-ring (bicyclic) bond motifs is 1. The Morgan fingerprint density at radius 1 is 1.21 bits per heavy atom. The van der Waals surface area contributed by atoms with E-state index in [0.717, 1.165) is 43.6 Å². The average molecular weight is 410 g/mol. The van der Waals surface area contributed by atoms with Crippen molar-refractivity contribution in [1.82, 2.24) is 5.32 Å². The molecule has 1 aromatic heterocycles. The van der Waals surface area contributed by atoms with Gasteiger partial charge in [0.15, 0.2) is 11.5 Å². The fraction of sp³-hybridized carbons (Fsp3) is 0.458. The molecule has 0 unspecified atom stereocenters. The fourth-order valence-corrected chi connectivity index (χ4v) is 5.32. The first-order chi connectivity index (χ1) is 14.0. The first-order valence-electron chi connectivity index (χ1n) is 10.2. The van der Waals surface area contributed by atoms with Crippen molar-refractivity contribution in [1.29, 1.82) is 0 Å². The number of hydrogen-bond donors (Lipinski definition) is 1. The molecule has 4 nitrogen and oxygen atoms in total. The van der Waals surface area contributed by atoms with Gasteiger partial charge in [0, 0.05) is 16.9 Å². The molecule has 0 bridgehead atoms. The lowest BCUT2D eigenvalue weighted by Gasteiger charge is -2.26. The fourth-order valence-electron chi connectivity index (χ4n) is 4.34. The van der Waals surface area contributed by atoms with Crippen LogP contribution in [0.5, 0.6) is 11.5 Å². The van der Waals surface area contributed by atoms with Crippen LogP contribution in [0.25, 0.3) is 0 Å². The predicted octanol–water partition coefficient (Wildman–Crippen LogP) is 4.47. The molecule has 1 fully saturated rings. The Morgan fingerprint density at radius 3 is 2.79 bits per heavy atom. The summed E-state index contributed by atoms with van der Waals surface area (Å²) in [4.78, 5) is 14.1. The van der Waals surface area contributed by atoms with Crippen LogP contribution < -0.4 is 14.8 Å². The third-order valence-electron chi connectivity index (χ3n) is 5.70. The Kier molecular flexibility index (Phi) is 5.56. The van der Waals surface area contributed by atoms with E-state index in [-0.39, 0.29) is 23.5 Å². The molecular weight excluding hydrogens is 382 g/mol. The normalized spacial score (nSPS) is 18.3. The number of rotatable bonds is 5. The van der Waals surface area contributed by atoms with Gasteiger partial charge in [0.05, 0.1) is 12.0 Å². The van der Waals surface area contributed by atoms with Crippen LogP contribution in [0.2, 0.25) is 0 Å². The Labute approximate surface area is 176 Å². The SMILES string of the molecule is CC1(C)Cc2cccc(OCC#CCNC(=O)C3(c4cccs4)CCCC3)c2O1. The molecule has 2 heterocycles. The molecule has 0 atom stereocenters. The lowest BCUT2D eigenvalue weighted by atomic mass is 9.83. The number of amides is 1. The average Bonchev–Trinajstić information content (AvgIpc) is 3.42. The van der Waals surface area contributed by atoms with Gasteiger partial charge < -0.3 is 14.8 Å². The monoisotopic (exact) mass is 409 g/mol. The molecular formula is C24H27NO3S. The van der Waals surface area contributed by atoms with Crippen molar-refractivity contribution in [2.75, 3.05) is 13.2 Å². The van der Waals surface area contributed by atoms with Gasteiger partial charge in [0.1, 0.15) is 12.2 Å². The van der Waals surface area contributed by atoms with Gasteiger partial charge in [-0.3, -0.25) is 4.79 Å². The summed E-state index contributed by atoms with van der Waals surface area (Å²) in [6.45, 7) is 4.76. The largest absolute Gasteiger partial charge is 0.483 e. The first-order valence-corrected chi connectivity index (χ1v) is 11.1. The van der Waals surface area contributed by atoms with Crippen molar-refractivity contribution in [2.24, 2.45) is 0 Å². The zero-order valence-electron chi connectivity index (χ0n) is 17.0. The minimum atomic E-state index is -0.360. The molecule has 1 aromatic carbocycles. The third kappa shape index (κ3) is 4.13. The van der Waals surface area contributed by atoms with Gasteiger partial charge in [-0.15, -0.1) is 11.3 Å². The first kappa shape index (κ1) is 19.8. The van der Waals surface area contributed by atoms with Crippen molar-refractivity contribution < 1.29 is 14.3 Å². The maximum Gasteiger partial charge on any atom is 0.232 e. The Morgan fingerprint density at radius 2 is 2.03 bits per heavy atom. The quantitative estimate of drug-likeness (QED) is 0.741. The topological polar surface area (TPSA) is 47.6 Å². The van der Waals surface area contributed by atoms with Crippen molar-refractivity contribution >= 4 is 17.2 Å². The number of thiophene rings is 1. The standard InChI is InChI=1S/C24H27NO3S/c1-23(2)17-18-9-7-10-19(21(18)28-23)27-15-6-5-14-25-22(26)24(12-3-4-13-24)20-11-8-16-29-20/h7-11,16H,3-4,12-15,17H2,1-2H3,(H,25,26). The van der Waals surface area contributed by atoms with E-state index in [1.54, 1.807) is 11.3 Å². The molecule has 5 heteroatoms. The third-order valence-corrected chi connectivity index (χ3v) is 6.78. The van der Waals surface area contributed by atoms with Crippen LogP contribution in [-0.2, 0) is 16.6 Å². The highest BCUT2D eigenvalue weighted by atomic mass is 32.1. The minimum absolute atomic E-state index is 0.101. The van der Waals surface area contributed by atoms with Gasteiger partial charge in [-0.1, -0.05) is 42.9 Å². The van der Waals surface area contributed by atoms with Crippen LogP contribution in [0.1, 0.15) is 50.0 Å². The highest BCUT2D eigenvalue weighted by molar-refractivity contribution is 7.10. The minimum Gasteiger partial charge on any atom is -0.483 e. The summed E-state index contributed by atoms with van der Waals surface area (Å²) in [6.07, 6.45) is 4.93. The van der Waals surface area contributed by atoms with Gasteiger partial charge in [-0.2, -0.15) is 0 Å². The van der Waals surface area contributed by atoms with Gasteiger partial charge in [0.25, 0.3) is 0 Å². The molecule has 2 aliphatic rings. The predicted molar refractivity (Wildman–Crippen MR) is 116 cm³/mol. The molecule has 0 spiro atoms. The van der Waals surface area contributed by atoms with Crippen LogP contribution in [-0.4, -0.2) is 24.7 Å². The van der Waals surface area contributed by atoms with Gasteiger partial charge in [0.2, 0.25) is 5.91 Å². The van der Waals surface area contributed by atoms with E-state index in [1.165, 1.54) is 10.4 Å². The lowest BCUT2D eigenvalue weighted by Crippen LogP contribution is -2.42. The highest BCUT2D eigenvalue weighted by Gasteiger charge is 2.43. The van der Waals surface area contributed by atoms with Crippen LogP contribution in [0, 0.1) is 11.8 Å². The van der Waals surface area contributed by atoms with Crippen LogP contribution >= 0.6 is 11.3 Å². The van der Waals surface area contributed by atoms with Crippen molar-refractivity contribution in [3.8, 4) is 23.3 Å². The number of hydrogen-bond acceptors (Lipinski definition) is 4. The number of benzene rings is 1. The number of para-hydroxylation sites is 1. The summed E-state index contributed by atoms with van der Waals surface area (Å²) in [6, 6.07) is 10.1. The van der Waals surface area contributed by atoms with E-state index in [0.29, 0.717) is 6.54 Å². The zero-order chi connectivity index (χ0) is 20.3. The maximum atomic E-state index is 12.9. The molecule has 1 aliphatic heterocycles. The summed E-state index contributed by atoms with van der Waals surface area (Å²) in [5.41, 5.74) is 0.612. The van der Waals surface area contributed by atoms with E-state index in [4.69, 9.17) is 9.47 Å². The number of ether oxygens (including phenoxy) is 2.